The molecule has 1 aliphatic rings. The lowest BCUT2D eigenvalue weighted by molar-refractivity contribution is 0.0635. The first-order valence-electron chi connectivity index (χ1n) is 8.56. The number of benzene rings is 1. The molecule has 1 aromatic heterocycles. The standard InChI is InChI=1S/C19H23N3O4/c1-19(2,3)26-18(24)21-17-15(22-11-5-6-14(22)20-17)16(23)12-7-9-13(25-4)10-8-12/h7-10H,5-6,11H2,1-4H3,(H,21,24). The Balaban J connectivity index is 1.92. The number of ether oxygens (including phenoxy) is 2. The molecule has 2 heterocycles. The van der Waals surface area contributed by atoms with Crippen LogP contribution in [0.4, 0.5) is 10.6 Å². The van der Waals surface area contributed by atoms with E-state index in [0.717, 1.165) is 18.7 Å². The van der Waals surface area contributed by atoms with E-state index in [9.17, 15) is 9.59 Å². The van der Waals surface area contributed by atoms with Gasteiger partial charge in [0.1, 0.15) is 22.9 Å². The normalized spacial score (nSPS) is 13.2. The topological polar surface area (TPSA) is 82.4 Å². The highest BCUT2D eigenvalue weighted by Gasteiger charge is 2.28. The fourth-order valence-electron chi connectivity index (χ4n) is 2.92. The maximum absolute atomic E-state index is 13.1. The molecule has 0 radical (unpaired) electrons. The SMILES string of the molecule is COc1ccc(C(=O)c2c(NC(=O)OC(C)(C)C)nc3n2CCC3)cc1. The number of nitrogens with zero attached hydrogens (tertiary/aromatic N) is 2. The maximum atomic E-state index is 13.1. The van der Waals surface area contributed by atoms with Crippen LogP contribution in [0.25, 0.3) is 0 Å². The summed E-state index contributed by atoms with van der Waals surface area (Å²) in [6.07, 6.45) is 1.08. The monoisotopic (exact) mass is 357 g/mol. The second-order valence-corrected chi connectivity index (χ2v) is 7.16. The molecule has 0 unspecified atom stereocenters. The number of carbonyl (C=O) groups excluding carboxylic acids is 2. The van der Waals surface area contributed by atoms with Gasteiger partial charge in [0.25, 0.3) is 0 Å². The van der Waals surface area contributed by atoms with Crippen molar-refractivity contribution in [2.24, 2.45) is 0 Å². The number of fused-ring (bicyclic) bond motifs is 1. The van der Waals surface area contributed by atoms with Crippen molar-refractivity contribution in [3.8, 4) is 5.75 Å². The van der Waals surface area contributed by atoms with Crippen LogP contribution in [0.2, 0.25) is 0 Å². The Morgan fingerprint density at radius 2 is 1.88 bits per heavy atom. The second kappa shape index (κ2) is 6.82. The van der Waals surface area contributed by atoms with Crippen LogP contribution >= 0.6 is 0 Å². The van der Waals surface area contributed by atoms with Crippen LogP contribution < -0.4 is 10.1 Å². The van der Waals surface area contributed by atoms with E-state index in [0.29, 0.717) is 23.6 Å². The zero-order chi connectivity index (χ0) is 18.9. The summed E-state index contributed by atoms with van der Waals surface area (Å²) in [6, 6.07) is 6.87. The Bertz CT molecular complexity index is 832. The Morgan fingerprint density at radius 1 is 1.19 bits per heavy atom. The summed E-state index contributed by atoms with van der Waals surface area (Å²) < 4.78 is 12.3. The van der Waals surface area contributed by atoms with Crippen LogP contribution in [-0.4, -0.2) is 34.1 Å². The predicted octanol–water partition coefficient (Wildman–Crippen LogP) is 3.42. The number of anilines is 1. The number of methoxy groups -OCH3 is 1. The highest BCUT2D eigenvalue weighted by molar-refractivity contribution is 6.12. The van der Waals surface area contributed by atoms with Crippen molar-refractivity contribution in [1.29, 1.82) is 0 Å². The zero-order valence-electron chi connectivity index (χ0n) is 15.5. The summed E-state index contributed by atoms with van der Waals surface area (Å²) in [5, 5.41) is 2.63. The Hall–Kier alpha value is -2.83. The highest BCUT2D eigenvalue weighted by Crippen LogP contribution is 2.27. The number of ketones is 1. The molecule has 0 aliphatic carbocycles. The molecule has 0 spiro atoms. The molecule has 7 heteroatoms. The smallest absolute Gasteiger partial charge is 0.413 e. The quantitative estimate of drug-likeness (QED) is 0.848. The van der Waals surface area contributed by atoms with Crippen LogP contribution in [0.3, 0.4) is 0 Å². The molecule has 3 rings (SSSR count). The van der Waals surface area contributed by atoms with E-state index in [2.05, 4.69) is 10.3 Å². The lowest BCUT2D eigenvalue weighted by Gasteiger charge is -2.19. The summed E-state index contributed by atoms with van der Waals surface area (Å²) >= 11 is 0. The summed E-state index contributed by atoms with van der Waals surface area (Å²) in [5.41, 5.74) is 0.258. The van der Waals surface area contributed by atoms with E-state index in [1.165, 1.54) is 0 Å². The number of aromatic nitrogens is 2. The molecule has 0 fully saturated rings. The van der Waals surface area contributed by atoms with E-state index in [-0.39, 0.29) is 11.6 Å². The van der Waals surface area contributed by atoms with Gasteiger partial charge >= 0.3 is 6.09 Å². The molecule has 0 bridgehead atoms. The third-order valence-electron chi connectivity index (χ3n) is 4.02. The van der Waals surface area contributed by atoms with Crippen molar-refractivity contribution in [1.82, 2.24) is 9.55 Å². The Morgan fingerprint density at radius 3 is 2.50 bits per heavy atom. The molecule has 26 heavy (non-hydrogen) atoms. The molecule has 2 aromatic rings. The van der Waals surface area contributed by atoms with E-state index in [1.54, 1.807) is 52.1 Å². The average molecular weight is 357 g/mol. The van der Waals surface area contributed by atoms with Crippen LogP contribution in [-0.2, 0) is 17.7 Å². The van der Waals surface area contributed by atoms with Crippen LogP contribution in [0.5, 0.6) is 5.75 Å². The predicted molar refractivity (Wildman–Crippen MR) is 96.8 cm³/mol. The van der Waals surface area contributed by atoms with Gasteiger partial charge in [-0.3, -0.25) is 10.1 Å². The lowest BCUT2D eigenvalue weighted by Crippen LogP contribution is -2.28. The number of nitrogens with one attached hydrogen (secondary N) is 1. The van der Waals surface area contributed by atoms with Gasteiger partial charge in [-0.15, -0.1) is 0 Å². The van der Waals surface area contributed by atoms with Crippen molar-refractivity contribution in [3.05, 3.63) is 41.3 Å². The fourth-order valence-corrected chi connectivity index (χ4v) is 2.92. The third kappa shape index (κ3) is 3.71. The van der Waals surface area contributed by atoms with Crippen molar-refractivity contribution in [3.63, 3.8) is 0 Å². The molecule has 1 aliphatic heterocycles. The first-order valence-corrected chi connectivity index (χ1v) is 8.56. The van der Waals surface area contributed by atoms with Gasteiger partial charge in [0.05, 0.1) is 7.11 Å². The van der Waals surface area contributed by atoms with E-state index < -0.39 is 11.7 Å². The first kappa shape index (κ1) is 18.0. The van der Waals surface area contributed by atoms with Gasteiger partial charge in [-0.1, -0.05) is 0 Å². The van der Waals surface area contributed by atoms with Gasteiger partial charge in [-0.2, -0.15) is 0 Å². The molecule has 0 atom stereocenters. The highest BCUT2D eigenvalue weighted by atomic mass is 16.6. The van der Waals surface area contributed by atoms with E-state index in [1.807, 2.05) is 4.57 Å². The Kier molecular flexibility index (Phi) is 4.71. The number of aryl methyl sites for hydroxylation is 1. The van der Waals surface area contributed by atoms with Gasteiger partial charge in [-0.05, 0) is 51.5 Å². The largest absolute Gasteiger partial charge is 0.497 e. The minimum Gasteiger partial charge on any atom is -0.497 e. The fraction of sp³-hybridized carbons (Fsp3) is 0.421. The number of rotatable bonds is 4. The lowest BCUT2D eigenvalue weighted by atomic mass is 10.1. The summed E-state index contributed by atoms with van der Waals surface area (Å²) in [4.78, 5) is 29.6. The van der Waals surface area contributed by atoms with Crippen molar-refractivity contribution >= 4 is 17.7 Å². The molecule has 1 amide bonds. The molecular formula is C19H23N3O4. The van der Waals surface area contributed by atoms with Crippen molar-refractivity contribution in [2.75, 3.05) is 12.4 Å². The molecule has 1 N–H and O–H groups in total. The van der Waals surface area contributed by atoms with Crippen LogP contribution in [0.1, 0.15) is 49.1 Å². The maximum Gasteiger partial charge on any atom is 0.413 e. The van der Waals surface area contributed by atoms with Gasteiger partial charge in [0.2, 0.25) is 5.78 Å². The minimum absolute atomic E-state index is 0.195. The Labute approximate surface area is 152 Å². The van der Waals surface area contributed by atoms with Gasteiger partial charge in [-0.25, -0.2) is 9.78 Å². The van der Waals surface area contributed by atoms with Gasteiger partial charge in [0.15, 0.2) is 5.82 Å². The molecule has 138 valence electrons. The summed E-state index contributed by atoms with van der Waals surface area (Å²) in [5.74, 6) is 1.52. The summed E-state index contributed by atoms with van der Waals surface area (Å²) in [7, 11) is 1.57. The van der Waals surface area contributed by atoms with Crippen molar-refractivity contribution < 1.29 is 19.1 Å². The van der Waals surface area contributed by atoms with Crippen LogP contribution in [0.15, 0.2) is 24.3 Å². The minimum atomic E-state index is -0.632. The summed E-state index contributed by atoms with van der Waals surface area (Å²) in [6.45, 7) is 6.05. The van der Waals surface area contributed by atoms with E-state index in [4.69, 9.17) is 9.47 Å². The number of hydrogen-bond acceptors (Lipinski definition) is 5. The van der Waals surface area contributed by atoms with E-state index >= 15 is 0 Å². The number of imidazole rings is 1. The van der Waals surface area contributed by atoms with Crippen molar-refractivity contribution in [2.45, 2.75) is 45.8 Å². The molecule has 1 aromatic carbocycles. The average Bonchev–Trinajstić information content (AvgIpc) is 3.13. The number of carbonyl (C=O) groups is 2. The molecule has 7 nitrogen and oxygen atoms in total. The first-order chi connectivity index (χ1) is 12.3. The number of amides is 1. The second-order valence-electron chi connectivity index (χ2n) is 7.16. The third-order valence-corrected chi connectivity index (χ3v) is 4.02. The zero-order valence-corrected chi connectivity index (χ0v) is 15.5. The molecular weight excluding hydrogens is 334 g/mol. The number of hydrogen-bond donors (Lipinski definition) is 1. The van der Waals surface area contributed by atoms with Gasteiger partial charge in [0, 0.05) is 18.5 Å². The van der Waals surface area contributed by atoms with Crippen LogP contribution in [0, 0.1) is 0 Å². The van der Waals surface area contributed by atoms with Gasteiger partial charge < -0.3 is 14.0 Å². The molecule has 0 saturated carbocycles. The molecule has 0 saturated heterocycles.